The monoisotopic (exact) mass is 343 g/mol. The van der Waals surface area contributed by atoms with Crippen LogP contribution in [0.1, 0.15) is 30.0 Å². The Balaban J connectivity index is 1.62. The summed E-state index contributed by atoms with van der Waals surface area (Å²) in [7, 11) is 0. The molecular formula is C25H29N. The molecule has 1 unspecified atom stereocenters. The van der Waals surface area contributed by atoms with E-state index in [0.29, 0.717) is 6.04 Å². The molecule has 1 heteroatoms. The van der Waals surface area contributed by atoms with Gasteiger partial charge < -0.3 is 0 Å². The van der Waals surface area contributed by atoms with Crippen LogP contribution < -0.4 is 0 Å². The molecule has 0 radical (unpaired) electrons. The molecule has 0 aliphatic carbocycles. The summed E-state index contributed by atoms with van der Waals surface area (Å²) in [5.41, 5.74) is 4.25. The zero-order chi connectivity index (χ0) is 18.0. The first kappa shape index (κ1) is 18.4. The third kappa shape index (κ3) is 5.86. The van der Waals surface area contributed by atoms with Crippen molar-refractivity contribution in [3.05, 3.63) is 108 Å². The van der Waals surface area contributed by atoms with Crippen LogP contribution in [0.25, 0.3) is 0 Å². The summed E-state index contributed by atoms with van der Waals surface area (Å²) in [4.78, 5) is 2.63. The smallest absolute Gasteiger partial charge is 0.0236 e. The number of aryl methyl sites for hydroxylation is 1. The van der Waals surface area contributed by atoms with Gasteiger partial charge in [-0.25, -0.2) is 0 Å². The molecule has 0 saturated carbocycles. The minimum atomic E-state index is 0.522. The van der Waals surface area contributed by atoms with Crippen molar-refractivity contribution < 1.29 is 0 Å². The molecule has 0 amide bonds. The van der Waals surface area contributed by atoms with Crippen molar-refractivity contribution in [2.24, 2.45) is 0 Å². The van der Waals surface area contributed by atoms with Gasteiger partial charge in [0.2, 0.25) is 0 Å². The SMILES string of the molecule is CC(Cc1ccccc1)N(CCCc1ccccc1)Cc1ccccc1. The molecule has 0 fully saturated rings. The first-order valence-corrected chi connectivity index (χ1v) is 9.67. The van der Waals surface area contributed by atoms with Crippen molar-refractivity contribution in [3.8, 4) is 0 Å². The second kappa shape index (κ2) is 9.94. The van der Waals surface area contributed by atoms with Gasteiger partial charge in [0, 0.05) is 12.6 Å². The number of rotatable bonds is 9. The zero-order valence-electron chi connectivity index (χ0n) is 15.7. The van der Waals surface area contributed by atoms with Gasteiger partial charge in [-0.3, -0.25) is 4.90 Å². The van der Waals surface area contributed by atoms with Gasteiger partial charge in [-0.05, 0) is 49.4 Å². The van der Waals surface area contributed by atoms with Gasteiger partial charge in [0.1, 0.15) is 0 Å². The molecule has 26 heavy (non-hydrogen) atoms. The molecule has 0 aliphatic heterocycles. The quantitative estimate of drug-likeness (QED) is 0.478. The minimum Gasteiger partial charge on any atom is -0.296 e. The molecule has 0 N–H and O–H groups in total. The summed E-state index contributed by atoms with van der Waals surface area (Å²) in [6, 6.07) is 33.0. The van der Waals surface area contributed by atoms with Crippen molar-refractivity contribution >= 4 is 0 Å². The average molecular weight is 344 g/mol. The summed E-state index contributed by atoms with van der Waals surface area (Å²) in [5, 5.41) is 0. The highest BCUT2D eigenvalue weighted by atomic mass is 15.1. The highest BCUT2D eigenvalue weighted by Crippen LogP contribution is 2.14. The van der Waals surface area contributed by atoms with Crippen molar-refractivity contribution in [2.75, 3.05) is 6.54 Å². The molecule has 0 aliphatic rings. The lowest BCUT2D eigenvalue weighted by Gasteiger charge is -2.29. The maximum atomic E-state index is 2.63. The molecule has 0 bridgehead atoms. The summed E-state index contributed by atoms with van der Waals surface area (Å²) >= 11 is 0. The van der Waals surface area contributed by atoms with Gasteiger partial charge in [0.05, 0.1) is 0 Å². The van der Waals surface area contributed by atoms with Gasteiger partial charge in [0.25, 0.3) is 0 Å². The van der Waals surface area contributed by atoms with Crippen molar-refractivity contribution in [1.29, 1.82) is 0 Å². The standard InChI is InChI=1S/C25H29N/c1-22(20-24-14-7-3-8-15-24)26(21-25-16-9-4-10-17-25)19-11-18-23-12-5-2-6-13-23/h2-10,12-17,22H,11,18-21H2,1H3. The molecule has 3 aromatic rings. The Kier molecular flexibility index (Phi) is 7.04. The number of hydrogen-bond acceptors (Lipinski definition) is 1. The van der Waals surface area contributed by atoms with Gasteiger partial charge in [-0.15, -0.1) is 0 Å². The predicted molar refractivity (Wildman–Crippen MR) is 111 cm³/mol. The van der Waals surface area contributed by atoms with Crippen LogP contribution in [0.15, 0.2) is 91.0 Å². The van der Waals surface area contributed by atoms with Crippen molar-refractivity contribution in [2.45, 2.75) is 38.8 Å². The molecule has 0 saturated heterocycles. The van der Waals surface area contributed by atoms with Gasteiger partial charge in [-0.1, -0.05) is 91.0 Å². The molecule has 0 heterocycles. The van der Waals surface area contributed by atoms with Crippen LogP contribution in [0.4, 0.5) is 0 Å². The van der Waals surface area contributed by atoms with E-state index in [1.165, 1.54) is 23.1 Å². The Bertz CT molecular complexity index is 737. The molecule has 1 nitrogen and oxygen atoms in total. The third-order valence-electron chi connectivity index (χ3n) is 4.98. The summed E-state index contributed by atoms with van der Waals surface area (Å²) in [5.74, 6) is 0. The summed E-state index contributed by atoms with van der Waals surface area (Å²) in [6.45, 7) is 4.50. The summed E-state index contributed by atoms with van der Waals surface area (Å²) < 4.78 is 0. The van der Waals surface area contributed by atoms with E-state index >= 15 is 0 Å². The maximum Gasteiger partial charge on any atom is 0.0236 e. The molecule has 0 spiro atoms. The first-order valence-electron chi connectivity index (χ1n) is 9.67. The van der Waals surface area contributed by atoms with Crippen LogP contribution in [-0.2, 0) is 19.4 Å². The van der Waals surface area contributed by atoms with E-state index in [-0.39, 0.29) is 0 Å². The Labute approximate surface area is 158 Å². The van der Waals surface area contributed by atoms with Crippen LogP contribution >= 0.6 is 0 Å². The van der Waals surface area contributed by atoms with E-state index in [9.17, 15) is 0 Å². The topological polar surface area (TPSA) is 3.24 Å². The molecule has 0 aromatic heterocycles. The lowest BCUT2D eigenvalue weighted by Crippen LogP contribution is -2.35. The maximum absolute atomic E-state index is 2.63. The number of nitrogens with zero attached hydrogens (tertiary/aromatic N) is 1. The lowest BCUT2D eigenvalue weighted by molar-refractivity contribution is 0.196. The molecule has 3 aromatic carbocycles. The molecule has 134 valence electrons. The van der Waals surface area contributed by atoms with E-state index in [1.807, 2.05) is 0 Å². The van der Waals surface area contributed by atoms with Gasteiger partial charge in [0.15, 0.2) is 0 Å². The van der Waals surface area contributed by atoms with E-state index in [1.54, 1.807) is 0 Å². The fourth-order valence-corrected chi connectivity index (χ4v) is 3.49. The van der Waals surface area contributed by atoms with Crippen molar-refractivity contribution in [1.82, 2.24) is 4.90 Å². The van der Waals surface area contributed by atoms with E-state index < -0.39 is 0 Å². The average Bonchev–Trinajstić information content (AvgIpc) is 2.69. The van der Waals surface area contributed by atoms with Gasteiger partial charge >= 0.3 is 0 Å². The summed E-state index contributed by atoms with van der Waals surface area (Å²) in [6.07, 6.45) is 3.43. The van der Waals surface area contributed by atoms with Crippen LogP contribution in [0.5, 0.6) is 0 Å². The largest absolute Gasteiger partial charge is 0.296 e. The first-order chi connectivity index (χ1) is 12.8. The minimum absolute atomic E-state index is 0.522. The highest BCUT2D eigenvalue weighted by Gasteiger charge is 2.14. The van der Waals surface area contributed by atoms with Gasteiger partial charge in [-0.2, -0.15) is 0 Å². The number of hydrogen-bond donors (Lipinski definition) is 0. The van der Waals surface area contributed by atoms with Crippen LogP contribution in [0.2, 0.25) is 0 Å². The third-order valence-corrected chi connectivity index (χ3v) is 4.98. The molecule has 1 atom stereocenters. The van der Waals surface area contributed by atoms with Crippen LogP contribution in [0, 0.1) is 0 Å². The fraction of sp³-hybridized carbons (Fsp3) is 0.280. The Morgan fingerprint density at radius 2 is 1.15 bits per heavy atom. The van der Waals surface area contributed by atoms with E-state index in [4.69, 9.17) is 0 Å². The number of benzene rings is 3. The van der Waals surface area contributed by atoms with Crippen LogP contribution in [-0.4, -0.2) is 17.5 Å². The molecule has 3 rings (SSSR count). The molecular weight excluding hydrogens is 314 g/mol. The van der Waals surface area contributed by atoms with E-state index in [0.717, 1.165) is 25.9 Å². The van der Waals surface area contributed by atoms with Crippen LogP contribution in [0.3, 0.4) is 0 Å². The zero-order valence-corrected chi connectivity index (χ0v) is 15.7. The second-order valence-electron chi connectivity index (χ2n) is 7.08. The van der Waals surface area contributed by atoms with Crippen molar-refractivity contribution in [3.63, 3.8) is 0 Å². The van der Waals surface area contributed by atoms with E-state index in [2.05, 4.69) is 103 Å². The second-order valence-corrected chi connectivity index (χ2v) is 7.08. The fourth-order valence-electron chi connectivity index (χ4n) is 3.49. The Morgan fingerprint density at radius 3 is 1.73 bits per heavy atom. The lowest BCUT2D eigenvalue weighted by atomic mass is 10.0. The Hall–Kier alpha value is -2.38. The predicted octanol–water partition coefficient (Wildman–Crippen LogP) is 5.75. The normalized spacial score (nSPS) is 12.2. The Morgan fingerprint density at radius 1 is 0.654 bits per heavy atom. The highest BCUT2D eigenvalue weighted by molar-refractivity contribution is 5.18.